The van der Waals surface area contributed by atoms with Crippen molar-refractivity contribution in [3.63, 3.8) is 0 Å². The summed E-state index contributed by atoms with van der Waals surface area (Å²) in [6, 6.07) is -1.34. The van der Waals surface area contributed by atoms with Gasteiger partial charge >= 0.3 is 5.97 Å². The number of aliphatic carboxylic acids is 1. The standard InChI is InChI=1S/C39H74N5O14PS/c1-2-40-33(39(51)59)16-13-14-20-41-36(47)30-57-27-26-56-24-22-43-37(48)31-58-28-25-55-23-21-42-34(45)19-18-32(38(49)50)44-35(46)17-12-10-8-6-4-3-5-7-9-11-15-29-60(52,53)54/h32-33,40H,2-31,59H2,1H3,(H,41,47)(H,42,45)(H,43,48)(H,44,46)(H,49,50)(H,52,53,54)/t32-,33-/m0/s1. The van der Waals surface area contributed by atoms with Crippen molar-refractivity contribution < 1.29 is 65.8 Å². The summed E-state index contributed by atoms with van der Waals surface area (Å²) < 4.78 is 51.4. The highest BCUT2D eigenvalue weighted by Gasteiger charge is 2.21. The first-order valence-electron chi connectivity index (χ1n) is 21.4. The van der Waals surface area contributed by atoms with Gasteiger partial charge in [0.2, 0.25) is 23.6 Å². The summed E-state index contributed by atoms with van der Waals surface area (Å²) in [5, 5.41) is 23.2. The maximum Gasteiger partial charge on any atom is 0.326 e. The molecule has 0 spiro atoms. The fraction of sp³-hybridized carbons (Fsp3) is 0.846. The lowest BCUT2D eigenvalue weighted by Gasteiger charge is -2.14. The van der Waals surface area contributed by atoms with Crippen LogP contribution in [0.25, 0.3) is 0 Å². The summed E-state index contributed by atoms with van der Waals surface area (Å²) in [5.41, 5.74) is 0.0330. The van der Waals surface area contributed by atoms with Gasteiger partial charge in [0.15, 0.2) is 5.52 Å². The van der Waals surface area contributed by atoms with Crippen LogP contribution >= 0.6 is 9.24 Å². The van der Waals surface area contributed by atoms with Crippen molar-refractivity contribution in [2.75, 3.05) is 84.8 Å². The van der Waals surface area contributed by atoms with Crippen LogP contribution in [0.1, 0.15) is 116 Å². The molecule has 0 fully saturated rings. The summed E-state index contributed by atoms with van der Waals surface area (Å²) in [5.74, 6) is -2.66. The molecular weight excluding hydrogens is 825 g/mol. The molecule has 1 unspecified atom stereocenters. The molecule has 60 heavy (non-hydrogen) atoms. The van der Waals surface area contributed by atoms with Gasteiger partial charge in [-0.2, -0.15) is 8.42 Å². The predicted molar refractivity (Wildman–Crippen MR) is 229 cm³/mol. The number of amides is 4. The fourth-order valence-corrected chi connectivity index (χ4v) is 6.59. The summed E-state index contributed by atoms with van der Waals surface area (Å²) in [4.78, 5) is 71.3. The second-order valence-corrected chi connectivity index (χ2v) is 16.5. The van der Waals surface area contributed by atoms with E-state index >= 15 is 0 Å². The zero-order valence-corrected chi connectivity index (χ0v) is 37.6. The maximum absolute atomic E-state index is 12.3. The Labute approximate surface area is 359 Å². The molecule has 0 aliphatic carbocycles. The number of rotatable bonds is 43. The van der Waals surface area contributed by atoms with Gasteiger partial charge in [-0.05, 0) is 45.1 Å². The molecule has 350 valence electrons. The summed E-state index contributed by atoms with van der Waals surface area (Å²) in [7, 11) is -1.66. The van der Waals surface area contributed by atoms with Crippen LogP contribution in [0.3, 0.4) is 0 Å². The Morgan fingerprint density at radius 1 is 0.550 bits per heavy atom. The minimum Gasteiger partial charge on any atom is -0.480 e. The van der Waals surface area contributed by atoms with E-state index in [2.05, 4.69) is 35.8 Å². The van der Waals surface area contributed by atoms with Crippen molar-refractivity contribution >= 4 is 54.5 Å². The number of carboxylic acid groups (broad SMARTS) is 1. The Kier molecular flexibility index (Phi) is 37.2. The number of hydrogen-bond acceptors (Lipinski definition) is 13. The lowest BCUT2D eigenvalue weighted by Crippen LogP contribution is -2.41. The molecular formula is C39H74N5O14PS. The van der Waals surface area contributed by atoms with Crippen molar-refractivity contribution in [3.05, 3.63) is 0 Å². The highest BCUT2D eigenvalue weighted by molar-refractivity contribution is 7.85. The summed E-state index contributed by atoms with van der Waals surface area (Å²) in [6.45, 7) is 4.68. The Morgan fingerprint density at radius 2 is 1.03 bits per heavy atom. The van der Waals surface area contributed by atoms with E-state index in [1.165, 1.54) is 0 Å². The average Bonchev–Trinajstić information content (AvgIpc) is 3.18. The summed E-state index contributed by atoms with van der Waals surface area (Å²) >= 11 is 0. The second kappa shape index (κ2) is 39.0. The average molecular weight is 900 g/mol. The second-order valence-electron chi connectivity index (χ2n) is 14.3. The fourth-order valence-electron chi connectivity index (χ4n) is 5.74. The van der Waals surface area contributed by atoms with Gasteiger partial charge in [-0.1, -0.05) is 74.0 Å². The van der Waals surface area contributed by atoms with E-state index in [0.717, 1.165) is 77.2 Å². The van der Waals surface area contributed by atoms with Crippen LogP contribution in [0.4, 0.5) is 0 Å². The molecule has 21 heteroatoms. The van der Waals surface area contributed by atoms with Crippen LogP contribution < -0.4 is 26.6 Å². The minimum absolute atomic E-state index is 0.0330. The molecule has 0 radical (unpaired) electrons. The molecule has 0 bridgehead atoms. The first-order valence-corrected chi connectivity index (χ1v) is 23.5. The van der Waals surface area contributed by atoms with E-state index in [0.29, 0.717) is 25.8 Å². The molecule has 7 N–H and O–H groups in total. The van der Waals surface area contributed by atoms with Gasteiger partial charge in [-0.25, -0.2) is 4.79 Å². The Hall–Kier alpha value is -2.84. The third-order valence-electron chi connectivity index (χ3n) is 8.98. The van der Waals surface area contributed by atoms with E-state index in [1.54, 1.807) is 0 Å². The number of carbonyl (C=O) groups is 6. The van der Waals surface area contributed by atoms with Gasteiger partial charge in [-0.15, -0.1) is 0 Å². The number of likely N-dealkylation sites (N-methyl/N-ethyl adjacent to an activating group) is 1. The molecule has 0 aromatic carbocycles. The van der Waals surface area contributed by atoms with Crippen molar-refractivity contribution in [1.29, 1.82) is 0 Å². The molecule has 4 amide bonds. The van der Waals surface area contributed by atoms with Crippen LogP contribution in [0.5, 0.6) is 0 Å². The van der Waals surface area contributed by atoms with E-state index in [-0.39, 0.29) is 126 Å². The largest absolute Gasteiger partial charge is 0.480 e. The molecule has 0 aliphatic heterocycles. The monoisotopic (exact) mass is 899 g/mol. The van der Waals surface area contributed by atoms with E-state index < -0.39 is 22.1 Å². The minimum atomic E-state index is -3.86. The van der Waals surface area contributed by atoms with Crippen molar-refractivity contribution in [3.8, 4) is 0 Å². The van der Waals surface area contributed by atoms with Crippen LogP contribution in [-0.2, 0) is 57.8 Å². The van der Waals surface area contributed by atoms with Crippen molar-refractivity contribution in [2.45, 2.75) is 128 Å². The Bertz CT molecular complexity index is 1300. The number of ether oxygens (including phenoxy) is 4. The zero-order valence-electron chi connectivity index (χ0n) is 35.6. The lowest BCUT2D eigenvalue weighted by atomic mass is 10.0. The van der Waals surface area contributed by atoms with Crippen molar-refractivity contribution in [2.24, 2.45) is 0 Å². The quantitative estimate of drug-likeness (QED) is 0.0262. The van der Waals surface area contributed by atoms with Crippen LogP contribution in [0.2, 0.25) is 0 Å². The number of nitrogens with one attached hydrogen (secondary N) is 5. The smallest absolute Gasteiger partial charge is 0.326 e. The Balaban J connectivity index is 3.68. The molecule has 0 aromatic heterocycles. The Morgan fingerprint density at radius 3 is 1.53 bits per heavy atom. The number of hydrogen-bond donors (Lipinski definition) is 7. The molecule has 3 atom stereocenters. The van der Waals surface area contributed by atoms with Gasteiger partial charge < -0.3 is 50.6 Å². The maximum atomic E-state index is 12.3. The molecule has 0 saturated heterocycles. The summed E-state index contributed by atoms with van der Waals surface area (Å²) in [6.07, 6.45) is 12.4. The molecule has 0 aliphatic rings. The van der Waals surface area contributed by atoms with Gasteiger partial charge in [0, 0.05) is 32.5 Å². The van der Waals surface area contributed by atoms with Gasteiger partial charge in [0.1, 0.15) is 19.3 Å². The van der Waals surface area contributed by atoms with Gasteiger partial charge in [-0.3, -0.25) is 28.5 Å². The molecule has 0 aromatic rings. The van der Waals surface area contributed by atoms with Crippen LogP contribution in [0, 0.1) is 0 Å². The highest BCUT2D eigenvalue weighted by atomic mass is 32.2. The first-order chi connectivity index (χ1) is 28.7. The molecule has 19 nitrogen and oxygen atoms in total. The molecule has 0 saturated carbocycles. The zero-order chi connectivity index (χ0) is 44.7. The third-order valence-corrected chi connectivity index (χ3v) is 10.2. The molecule has 0 rings (SSSR count). The van der Waals surface area contributed by atoms with Gasteiger partial charge in [0.25, 0.3) is 10.1 Å². The first kappa shape index (κ1) is 57.2. The molecule has 0 heterocycles. The van der Waals surface area contributed by atoms with Crippen LogP contribution in [0.15, 0.2) is 0 Å². The van der Waals surface area contributed by atoms with E-state index in [4.69, 9.17) is 23.5 Å². The highest BCUT2D eigenvalue weighted by Crippen LogP contribution is 2.13. The SMILES string of the molecule is CCN[C@@H](CCCCNC(=O)COCCOCCNC(=O)COCCOCCNC(=O)CC[C@H](NC(=O)CCCCCCCCCCCCCS(=O)(=O)O)C(=O)O)C(=O)P. The van der Waals surface area contributed by atoms with Crippen LogP contribution in [-0.4, -0.2) is 150 Å². The lowest BCUT2D eigenvalue weighted by molar-refractivity contribution is -0.142. The third kappa shape index (κ3) is 39.3. The predicted octanol–water partition coefficient (Wildman–Crippen LogP) is 1.87. The topological polar surface area (TPSA) is 274 Å². The van der Waals surface area contributed by atoms with E-state index in [9.17, 15) is 42.3 Å². The van der Waals surface area contributed by atoms with E-state index in [1.807, 2.05) is 6.92 Å². The van der Waals surface area contributed by atoms with Gasteiger partial charge in [0.05, 0.1) is 51.4 Å². The number of unbranched alkanes of at least 4 members (excludes halogenated alkanes) is 11. The number of carboxylic acids is 1. The normalized spacial score (nSPS) is 12.4. The number of carbonyl (C=O) groups excluding carboxylic acids is 5. The van der Waals surface area contributed by atoms with Crippen molar-refractivity contribution in [1.82, 2.24) is 26.6 Å².